The third-order valence-corrected chi connectivity index (χ3v) is 3.56. The van der Waals surface area contributed by atoms with E-state index in [1.807, 2.05) is 11.0 Å². The molecule has 0 aliphatic carbocycles. The monoisotopic (exact) mass is 271 g/mol. The molecule has 1 aliphatic rings. The highest BCUT2D eigenvalue weighted by molar-refractivity contribution is 5.91. The summed E-state index contributed by atoms with van der Waals surface area (Å²) in [5.41, 5.74) is 1.70. The highest BCUT2D eigenvalue weighted by Gasteiger charge is 2.23. The van der Waals surface area contributed by atoms with Gasteiger partial charge in [-0.3, -0.25) is 9.69 Å². The fourth-order valence-corrected chi connectivity index (χ4v) is 2.43. The van der Waals surface area contributed by atoms with E-state index in [1.54, 1.807) is 0 Å². The molecule has 0 atom stereocenters. The van der Waals surface area contributed by atoms with Crippen LogP contribution < -0.4 is 0 Å². The maximum atomic E-state index is 12.1. The first-order chi connectivity index (χ1) is 9.83. The molecule has 0 N–H and O–H groups in total. The Morgan fingerprint density at radius 2 is 1.90 bits per heavy atom. The van der Waals surface area contributed by atoms with Crippen LogP contribution in [0.4, 0.5) is 0 Å². The molecular formula is C15H17N3O2. The van der Waals surface area contributed by atoms with Crippen molar-refractivity contribution >= 4 is 5.91 Å². The van der Waals surface area contributed by atoms with E-state index in [2.05, 4.69) is 34.1 Å². The van der Waals surface area contributed by atoms with Crippen molar-refractivity contribution in [2.45, 2.75) is 6.54 Å². The number of hydrogen-bond donors (Lipinski definition) is 0. The first-order valence-corrected chi connectivity index (χ1v) is 6.76. The first-order valence-electron chi connectivity index (χ1n) is 6.76. The number of aromatic nitrogens is 1. The van der Waals surface area contributed by atoms with E-state index in [0.717, 1.165) is 32.7 Å². The second-order valence-corrected chi connectivity index (χ2v) is 4.93. The molecule has 1 aliphatic heterocycles. The van der Waals surface area contributed by atoms with E-state index >= 15 is 0 Å². The molecule has 5 nitrogen and oxygen atoms in total. The summed E-state index contributed by atoms with van der Waals surface area (Å²) < 4.78 is 4.86. The van der Waals surface area contributed by atoms with Crippen LogP contribution in [0.25, 0.3) is 0 Å². The Kier molecular flexibility index (Phi) is 3.78. The minimum Gasteiger partial charge on any atom is -0.451 e. The van der Waals surface area contributed by atoms with Crippen molar-refractivity contribution in [3.05, 3.63) is 54.2 Å². The quantitative estimate of drug-likeness (QED) is 0.851. The van der Waals surface area contributed by atoms with E-state index < -0.39 is 0 Å². The van der Waals surface area contributed by atoms with Gasteiger partial charge in [-0.05, 0) is 5.56 Å². The Morgan fingerprint density at radius 1 is 1.15 bits per heavy atom. The van der Waals surface area contributed by atoms with Crippen LogP contribution in [0.1, 0.15) is 16.1 Å². The number of oxazole rings is 1. The maximum Gasteiger partial charge on any atom is 0.275 e. The number of rotatable bonds is 3. The van der Waals surface area contributed by atoms with Gasteiger partial charge >= 0.3 is 0 Å². The summed E-state index contributed by atoms with van der Waals surface area (Å²) >= 11 is 0. The molecule has 20 heavy (non-hydrogen) atoms. The topological polar surface area (TPSA) is 49.6 Å². The number of amides is 1. The van der Waals surface area contributed by atoms with Gasteiger partial charge in [-0.1, -0.05) is 30.3 Å². The molecule has 1 amide bonds. The molecule has 104 valence electrons. The zero-order valence-corrected chi connectivity index (χ0v) is 11.2. The van der Waals surface area contributed by atoms with E-state index in [9.17, 15) is 4.79 Å². The van der Waals surface area contributed by atoms with Crippen molar-refractivity contribution < 1.29 is 9.21 Å². The molecule has 1 fully saturated rings. The summed E-state index contributed by atoms with van der Waals surface area (Å²) in [6.45, 7) is 4.18. The predicted octanol–water partition coefficient (Wildman–Crippen LogP) is 1.63. The molecule has 1 aromatic carbocycles. The lowest BCUT2D eigenvalue weighted by atomic mass is 10.2. The second kappa shape index (κ2) is 5.88. The molecule has 0 radical (unpaired) electrons. The van der Waals surface area contributed by atoms with Crippen molar-refractivity contribution in [1.82, 2.24) is 14.8 Å². The van der Waals surface area contributed by atoms with Gasteiger partial charge in [0.05, 0.1) is 0 Å². The minimum absolute atomic E-state index is 0.0434. The van der Waals surface area contributed by atoms with Crippen LogP contribution in [0.2, 0.25) is 0 Å². The number of carbonyl (C=O) groups is 1. The van der Waals surface area contributed by atoms with Gasteiger partial charge in [-0.2, -0.15) is 0 Å². The second-order valence-electron chi connectivity index (χ2n) is 4.93. The fraction of sp³-hybridized carbons (Fsp3) is 0.333. The average molecular weight is 271 g/mol. The van der Waals surface area contributed by atoms with Gasteiger partial charge < -0.3 is 9.32 Å². The minimum atomic E-state index is -0.0434. The van der Waals surface area contributed by atoms with Gasteiger partial charge in [0, 0.05) is 32.7 Å². The smallest absolute Gasteiger partial charge is 0.275 e. The van der Waals surface area contributed by atoms with Crippen LogP contribution in [0.5, 0.6) is 0 Å². The summed E-state index contributed by atoms with van der Waals surface area (Å²) in [7, 11) is 0. The number of carbonyl (C=O) groups excluding carboxylic acids is 1. The molecule has 3 rings (SSSR count). The van der Waals surface area contributed by atoms with Crippen molar-refractivity contribution in [3.63, 3.8) is 0 Å². The number of hydrogen-bond acceptors (Lipinski definition) is 4. The molecule has 2 heterocycles. The van der Waals surface area contributed by atoms with Gasteiger partial charge in [-0.25, -0.2) is 4.98 Å². The van der Waals surface area contributed by atoms with E-state index in [0.29, 0.717) is 5.69 Å². The Hall–Kier alpha value is -2.14. The highest BCUT2D eigenvalue weighted by atomic mass is 16.3. The zero-order valence-electron chi connectivity index (χ0n) is 11.2. The van der Waals surface area contributed by atoms with Gasteiger partial charge in [0.1, 0.15) is 6.26 Å². The van der Waals surface area contributed by atoms with Crippen LogP contribution >= 0.6 is 0 Å². The summed E-state index contributed by atoms with van der Waals surface area (Å²) in [6, 6.07) is 10.4. The molecule has 2 aromatic rings. The lowest BCUT2D eigenvalue weighted by molar-refractivity contribution is 0.0622. The Morgan fingerprint density at radius 3 is 2.55 bits per heavy atom. The predicted molar refractivity (Wildman–Crippen MR) is 74.1 cm³/mol. The Bertz CT molecular complexity index is 546. The third-order valence-electron chi connectivity index (χ3n) is 3.56. The first kappa shape index (κ1) is 12.9. The molecule has 0 spiro atoms. The summed E-state index contributed by atoms with van der Waals surface area (Å²) in [5, 5.41) is 0. The van der Waals surface area contributed by atoms with Crippen LogP contribution in [0.3, 0.4) is 0 Å². The SMILES string of the molecule is O=C(c1cocn1)N1CCN(Cc2ccccc2)CC1. The van der Waals surface area contributed by atoms with E-state index in [4.69, 9.17) is 4.42 Å². The third kappa shape index (κ3) is 2.88. The van der Waals surface area contributed by atoms with Crippen LogP contribution in [-0.2, 0) is 6.54 Å². The largest absolute Gasteiger partial charge is 0.451 e. The van der Waals surface area contributed by atoms with Gasteiger partial charge in [-0.15, -0.1) is 0 Å². The van der Waals surface area contributed by atoms with Crippen LogP contribution in [0, 0.1) is 0 Å². The molecule has 0 bridgehead atoms. The van der Waals surface area contributed by atoms with Crippen molar-refractivity contribution in [1.29, 1.82) is 0 Å². The lowest BCUT2D eigenvalue weighted by Gasteiger charge is -2.34. The summed E-state index contributed by atoms with van der Waals surface area (Å²) in [4.78, 5) is 20.2. The van der Waals surface area contributed by atoms with Crippen molar-refractivity contribution in [3.8, 4) is 0 Å². The average Bonchev–Trinajstić information content (AvgIpc) is 3.03. The van der Waals surface area contributed by atoms with E-state index in [-0.39, 0.29) is 5.91 Å². The fourth-order valence-electron chi connectivity index (χ4n) is 2.43. The lowest BCUT2D eigenvalue weighted by Crippen LogP contribution is -2.48. The normalized spacial score (nSPS) is 16.3. The van der Waals surface area contributed by atoms with Crippen LogP contribution in [-0.4, -0.2) is 46.9 Å². The Labute approximate surface area is 117 Å². The molecular weight excluding hydrogens is 254 g/mol. The van der Waals surface area contributed by atoms with Gasteiger partial charge in [0.25, 0.3) is 5.91 Å². The molecule has 0 saturated carbocycles. The highest BCUT2D eigenvalue weighted by Crippen LogP contribution is 2.10. The standard InChI is InChI=1S/C15H17N3O2/c19-15(14-11-20-12-16-14)18-8-6-17(7-9-18)10-13-4-2-1-3-5-13/h1-5,11-12H,6-10H2. The zero-order chi connectivity index (χ0) is 13.8. The van der Waals surface area contributed by atoms with Crippen LogP contribution in [0.15, 0.2) is 47.4 Å². The summed E-state index contributed by atoms with van der Waals surface area (Å²) in [5.74, 6) is -0.0434. The molecule has 0 unspecified atom stereocenters. The molecule has 1 saturated heterocycles. The van der Waals surface area contributed by atoms with Gasteiger partial charge in [0.15, 0.2) is 12.1 Å². The maximum absolute atomic E-state index is 12.1. The number of nitrogens with zero attached hydrogens (tertiary/aromatic N) is 3. The number of piperazine rings is 1. The Balaban J connectivity index is 1.53. The molecule has 1 aromatic heterocycles. The van der Waals surface area contributed by atoms with E-state index in [1.165, 1.54) is 18.2 Å². The summed E-state index contributed by atoms with van der Waals surface area (Å²) in [6.07, 6.45) is 2.69. The van der Waals surface area contributed by atoms with Crippen molar-refractivity contribution in [2.75, 3.05) is 26.2 Å². The van der Waals surface area contributed by atoms with Crippen molar-refractivity contribution in [2.24, 2.45) is 0 Å². The number of benzene rings is 1. The molecule has 5 heteroatoms. The van der Waals surface area contributed by atoms with Gasteiger partial charge in [0.2, 0.25) is 0 Å².